The fraction of sp³-hybridized carbons (Fsp3) is 0.542. The van der Waals surface area contributed by atoms with E-state index >= 15 is 0 Å². The number of carboxylic acids is 1. The number of hydrogen-bond acceptors (Lipinski definition) is 7. The van der Waals surface area contributed by atoms with Gasteiger partial charge in [-0.25, -0.2) is 4.79 Å². The van der Waals surface area contributed by atoms with Gasteiger partial charge in [-0.1, -0.05) is 44.2 Å². The van der Waals surface area contributed by atoms with Gasteiger partial charge in [0.15, 0.2) is 12.0 Å². The molecule has 1 aromatic carbocycles. The molecule has 13 heteroatoms. The number of aliphatic carboxylic acids is 1. The standard InChI is InChI=1S/C24H39N7O6/c1-13(2)18(22(35)31-19(14(3)32)23(36)37)30-21(34)17(10-7-11-28-24(26)27)29-20(33)16(25)12-15-8-5-4-6-9-15/h4-6,8-9,13-14,16-19,32H,7,10-12,25H2,1-3H3,(H,29,33)(H,30,34)(H,31,35)(H,36,37)(H4,26,27,28). The number of amides is 3. The van der Waals surface area contributed by atoms with Crippen molar-refractivity contribution in [2.75, 3.05) is 6.54 Å². The van der Waals surface area contributed by atoms with Crippen LogP contribution in [0.25, 0.3) is 0 Å². The summed E-state index contributed by atoms with van der Waals surface area (Å²) in [7, 11) is 0. The van der Waals surface area contributed by atoms with E-state index in [0.29, 0.717) is 6.42 Å². The topological polar surface area (TPSA) is 235 Å². The van der Waals surface area contributed by atoms with Crippen LogP contribution in [-0.4, -0.2) is 76.7 Å². The molecule has 0 aliphatic heterocycles. The summed E-state index contributed by atoms with van der Waals surface area (Å²) in [6, 6.07) is 4.46. The number of nitrogens with zero attached hydrogens (tertiary/aromatic N) is 1. The van der Waals surface area contributed by atoms with E-state index in [2.05, 4.69) is 20.9 Å². The molecule has 0 saturated heterocycles. The van der Waals surface area contributed by atoms with Gasteiger partial charge in [-0.15, -0.1) is 0 Å². The van der Waals surface area contributed by atoms with Crippen LogP contribution in [0.1, 0.15) is 39.2 Å². The number of aliphatic hydroxyl groups excluding tert-OH is 1. The number of rotatable bonds is 15. The maximum absolute atomic E-state index is 13.2. The Hall–Kier alpha value is -3.71. The Morgan fingerprint density at radius 2 is 1.51 bits per heavy atom. The number of hydrogen-bond donors (Lipinski definition) is 8. The number of carboxylic acid groups (broad SMARTS) is 1. The quantitative estimate of drug-likeness (QED) is 0.0736. The Morgan fingerprint density at radius 3 is 2.03 bits per heavy atom. The maximum atomic E-state index is 13.2. The number of aliphatic hydroxyl groups is 1. The molecule has 0 saturated carbocycles. The first kappa shape index (κ1) is 31.3. The number of carbonyl (C=O) groups excluding carboxylic acids is 3. The minimum absolute atomic E-state index is 0.113. The second kappa shape index (κ2) is 15.4. The number of nitrogens with two attached hydrogens (primary N) is 3. The second-order valence-corrected chi connectivity index (χ2v) is 9.10. The Morgan fingerprint density at radius 1 is 0.919 bits per heavy atom. The van der Waals surface area contributed by atoms with E-state index in [1.807, 2.05) is 30.3 Å². The van der Waals surface area contributed by atoms with E-state index in [9.17, 15) is 29.4 Å². The molecule has 0 bridgehead atoms. The van der Waals surface area contributed by atoms with E-state index in [0.717, 1.165) is 5.56 Å². The minimum Gasteiger partial charge on any atom is -0.480 e. The molecule has 0 aromatic heterocycles. The van der Waals surface area contributed by atoms with E-state index in [4.69, 9.17) is 17.2 Å². The first-order valence-electron chi connectivity index (χ1n) is 12.0. The predicted octanol–water partition coefficient (Wildman–Crippen LogP) is -1.81. The van der Waals surface area contributed by atoms with Crippen molar-refractivity contribution in [3.05, 3.63) is 35.9 Å². The first-order valence-corrected chi connectivity index (χ1v) is 12.0. The van der Waals surface area contributed by atoms with Crippen LogP contribution < -0.4 is 33.2 Å². The lowest BCUT2D eigenvalue weighted by atomic mass is 10.0. The number of nitrogens with one attached hydrogen (secondary N) is 3. The molecule has 0 heterocycles. The molecule has 0 aliphatic rings. The molecule has 0 radical (unpaired) electrons. The van der Waals surface area contributed by atoms with E-state index < -0.39 is 59.9 Å². The van der Waals surface area contributed by atoms with Crippen LogP contribution in [0.2, 0.25) is 0 Å². The van der Waals surface area contributed by atoms with Crippen molar-refractivity contribution in [1.29, 1.82) is 0 Å². The van der Waals surface area contributed by atoms with Gasteiger partial charge in [-0.2, -0.15) is 0 Å². The Bertz CT molecular complexity index is 935. The SMILES string of the molecule is CC(C)C(NC(=O)C(CCCN=C(N)N)NC(=O)C(N)Cc1ccccc1)C(=O)NC(C(=O)O)C(C)O. The van der Waals surface area contributed by atoms with Gasteiger partial charge in [0.05, 0.1) is 12.1 Å². The van der Waals surface area contributed by atoms with Crippen LogP contribution in [0.3, 0.4) is 0 Å². The summed E-state index contributed by atoms with van der Waals surface area (Å²) in [5, 5.41) is 26.4. The predicted molar refractivity (Wildman–Crippen MR) is 138 cm³/mol. The van der Waals surface area contributed by atoms with Crippen LogP contribution >= 0.6 is 0 Å². The number of aliphatic imine (C=N–C) groups is 1. The van der Waals surface area contributed by atoms with Gasteiger partial charge in [0, 0.05) is 6.54 Å². The van der Waals surface area contributed by atoms with E-state index in [1.54, 1.807) is 13.8 Å². The fourth-order valence-corrected chi connectivity index (χ4v) is 3.43. The second-order valence-electron chi connectivity index (χ2n) is 9.10. The fourth-order valence-electron chi connectivity index (χ4n) is 3.43. The van der Waals surface area contributed by atoms with E-state index in [-0.39, 0.29) is 25.3 Å². The highest BCUT2D eigenvalue weighted by molar-refractivity contribution is 5.94. The molecule has 37 heavy (non-hydrogen) atoms. The van der Waals surface area contributed by atoms with Crippen molar-refractivity contribution in [3.8, 4) is 0 Å². The summed E-state index contributed by atoms with van der Waals surface area (Å²) in [4.78, 5) is 54.0. The van der Waals surface area contributed by atoms with Crippen LogP contribution in [0.4, 0.5) is 0 Å². The summed E-state index contributed by atoms with van der Waals surface area (Å²) >= 11 is 0. The first-order chi connectivity index (χ1) is 17.3. The smallest absolute Gasteiger partial charge is 0.328 e. The highest BCUT2D eigenvalue weighted by Crippen LogP contribution is 2.08. The summed E-state index contributed by atoms with van der Waals surface area (Å²) in [6.45, 7) is 4.75. The van der Waals surface area contributed by atoms with Crippen molar-refractivity contribution < 1.29 is 29.4 Å². The van der Waals surface area contributed by atoms with Crippen molar-refractivity contribution in [3.63, 3.8) is 0 Å². The van der Waals surface area contributed by atoms with Crippen LogP contribution in [-0.2, 0) is 25.6 Å². The van der Waals surface area contributed by atoms with Crippen LogP contribution in [0.5, 0.6) is 0 Å². The molecule has 5 unspecified atom stereocenters. The third-order valence-corrected chi connectivity index (χ3v) is 5.51. The molecule has 3 amide bonds. The summed E-state index contributed by atoms with van der Waals surface area (Å²) in [6.07, 6.45) is -0.628. The highest BCUT2D eigenvalue weighted by Gasteiger charge is 2.33. The molecule has 1 aromatic rings. The highest BCUT2D eigenvalue weighted by atomic mass is 16.4. The molecule has 5 atom stereocenters. The average Bonchev–Trinajstić information content (AvgIpc) is 2.82. The van der Waals surface area contributed by atoms with Crippen molar-refractivity contribution in [2.45, 2.75) is 70.3 Å². The van der Waals surface area contributed by atoms with Gasteiger partial charge in [-0.05, 0) is 37.7 Å². The average molecular weight is 522 g/mol. The zero-order valence-electron chi connectivity index (χ0n) is 21.4. The number of carbonyl (C=O) groups is 4. The van der Waals surface area contributed by atoms with Crippen molar-refractivity contribution in [1.82, 2.24) is 16.0 Å². The summed E-state index contributed by atoms with van der Waals surface area (Å²) in [5.41, 5.74) is 17.6. The molecule has 0 spiro atoms. The zero-order valence-corrected chi connectivity index (χ0v) is 21.4. The van der Waals surface area contributed by atoms with Gasteiger partial charge in [-0.3, -0.25) is 19.4 Å². The van der Waals surface area contributed by atoms with Gasteiger partial charge in [0.1, 0.15) is 12.1 Å². The Kier molecular flexibility index (Phi) is 13.0. The maximum Gasteiger partial charge on any atom is 0.328 e. The largest absolute Gasteiger partial charge is 0.480 e. The molecule has 0 aliphatic carbocycles. The molecule has 206 valence electrons. The monoisotopic (exact) mass is 521 g/mol. The lowest BCUT2D eigenvalue weighted by molar-refractivity contribution is -0.145. The van der Waals surface area contributed by atoms with Crippen LogP contribution in [0.15, 0.2) is 35.3 Å². The molecule has 13 nitrogen and oxygen atoms in total. The number of guanidine groups is 1. The minimum atomic E-state index is -1.56. The lowest BCUT2D eigenvalue weighted by Gasteiger charge is -2.27. The molecular weight excluding hydrogens is 482 g/mol. The third kappa shape index (κ3) is 11.3. The van der Waals surface area contributed by atoms with Gasteiger partial charge < -0.3 is 43.4 Å². The van der Waals surface area contributed by atoms with Gasteiger partial charge in [0.25, 0.3) is 0 Å². The van der Waals surface area contributed by atoms with E-state index in [1.165, 1.54) is 6.92 Å². The van der Waals surface area contributed by atoms with Gasteiger partial charge >= 0.3 is 5.97 Å². The molecule has 1 rings (SSSR count). The Balaban J connectivity index is 2.99. The third-order valence-electron chi connectivity index (χ3n) is 5.51. The molecule has 0 fully saturated rings. The van der Waals surface area contributed by atoms with Crippen LogP contribution in [0, 0.1) is 5.92 Å². The summed E-state index contributed by atoms with van der Waals surface area (Å²) in [5.74, 6) is -3.99. The van der Waals surface area contributed by atoms with Gasteiger partial charge in [0.2, 0.25) is 17.7 Å². The lowest BCUT2D eigenvalue weighted by Crippen LogP contribution is -2.59. The van der Waals surface area contributed by atoms with Crippen molar-refractivity contribution in [2.24, 2.45) is 28.1 Å². The number of benzene rings is 1. The Labute approximate surface area is 216 Å². The molecular formula is C24H39N7O6. The normalized spacial score (nSPS) is 15.0. The summed E-state index contributed by atoms with van der Waals surface area (Å²) < 4.78 is 0. The molecule has 11 N–H and O–H groups in total. The zero-order chi connectivity index (χ0) is 28.1. The van der Waals surface area contributed by atoms with Crippen molar-refractivity contribution >= 4 is 29.7 Å².